The third kappa shape index (κ3) is 3.12. The first-order chi connectivity index (χ1) is 10.1. The van der Waals surface area contributed by atoms with Gasteiger partial charge in [0.15, 0.2) is 0 Å². The first-order valence-electron chi connectivity index (χ1n) is 6.32. The average Bonchev–Trinajstić information content (AvgIpc) is 3.13. The Bertz CT molecular complexity index is 820. The van der Waals surface area contributed by atoms with Crippen molar-refractivity contribution in [3.63, 3.8) is 0 Å². The van der Waals surface area contributed by atoms with Crippen LogP contribution in [-0.4, -0.2) is 34.8 Å². The van der Waals surface area contributed by atoms with Gasteiger partial charge >= 0.3 is 0 Å². The van der Waals surface area contributed by atoms with Gasteiger partial charge in [-0.15, -0.1) is 21.5 Å². The lowest BCUT2D eigenvalue weighted by atomic mass is 10.4. The molecule has 21 heavy (non-hydrogen) atoms. The van der Waals surface area contributed by atoms with Crippen LogP contribution in [0.15, 0.2) is 22.7 Å². The van der Waals surface area contributed by atoms with E-state index < -0.39 is 10.0 Å². The van der Waals surface area contributed by atoms with E-state index in [0.717, 1.165) is 16.3 Å². The van der Waals surface area contributed by atoms with E-state index in [-0.39, 0.29) is 0 Å². The molecule has 0 saturated carbocycles. The molecule has 0 saturated heterocycles. The lowest BCUT2D eigenvalue weighted by Crippen LogP contribution is -2.25. The summed E-state index contributed by atoms with van der Waals surface area (Å²) in [5.74, 6) is 0. The highest BCUT2D eigenvalue weighted by Gasteiger charge is 2.16. The Morgan fingerprint density at radius 1 is 1.33 bits per heavy atom. The number of rotatable bonds is 6. The van der Waals surface area contributed by atoms with Crippen LogP contribution in [-0.2, 0) is 22.9 Å². The predicted octanol–water partition coefficient (Wildman–Crippen LogP) is 1.33. The first-order valence-corrected chi connectivity index (χ1v) is 9.44. The maximum absolute atomic E-state index is 12.1. The van der Waals surface area contributed by atoms with Crippen molar-refractivity contribution in [1.29, 1.82) is 0 Å². The van der Waals surface area contributed by atoms with Gasteiger partial charge in [0.1, 0.15) is 15.5 Å². The third-order valence-electron chi connectivity index (χ3n) is 2.81. The zero-order valence-corrected chi connectivity index (χ0v) is 13.6. The maximum atomic E-state index is 12.1. The zero-order chi connectivity index (χ0) is 14.9. The highest BCUT2D eigenvalue weighted by Crippen LogP contribution is 2.21. The Kier molecular flexibility index (Phi) is 4.02. The third-order valence-corrected chi connectivity index (χ3v) is 6.97. The number of sulfonamides is 1. The number of aryl methyl sites for hydroxylation is 1. The average molecular weight is 343 g/mol. The molecule has 0 atom stereocenters. The molecule has 0 aliphatic heterocycles. The van der Waals surface area contributed by atoms with Crippen LogP contribution in [0, 0.1) is 0 Å². The monoisotopic (exact) mass is 343 g/mol. The molecule has 0 bridgehead atoms. The van der Waals surface area contributed by atoms with Crippen molar-refractivity contribution in [3.05, 3.63) is 28.3 Å². The Morgan fingerprint density at radius 3 is 2.90 bits per heavy atom. The van der Waals surface area contributed by atoms with Gasteiger partial charge in [0.25, 0.3) is 0 Å². The fraction of sp³-hybridized carbons (Fsp3) is 0.364. The van der Waals surface area contributed by atoms with Gasteiger partial charge < -0.3 is 0 Å². The minimum atomic E-state index is -3.43. The van der Waals surface area contributed by atoms with Gasteiger partial charge in [-0.05, 0) is 18.6 Å². The van der Waals surface area contributed by atoms with Gasteiger partial charge in [0, 0.05) is 17.8 Å². The molecule has 0 unspecified atom stereocenters. The number of aromatic nitrogens is 4. The van der Waals surface area contributed by atoms with Crippen molar-refractivity contribution >= 4 is 37.7 Å². The van der Waals surface area contributed by atoms with Gasteiger partial charge in [-0.1, -0.05) is 18.3 Å². The Balaban J connectivity index is 1.62. The number of fused-ring (bicyclic) bond motifs is 1. The molecule has 0 radical (unpaired) electrons. The summed E-state index contributed by atoms with van der Waals surface area (Å²) >= 11 is 2.71. The van der Waals surface area contributed by atoms with E-state index in [9.17, 15) is 8.42 Å². The summed E-state index contributed by atoms with van der Waals surface area (Å²) in [7, 11) is -3.43. The molecule has 0 aliphatic carbocycles. The van der Waals surface area contributed by atoms with Crippen LogP contribution >= 0.6 is 22.7 Å². The maximum Gasteiger partial charge on any atom is 0.250 e. The molecule has 10 heteroatoms. The molecule has 0 spiro atoms. The fourth-order valence-electron chi connectivity index (χ4n) is 1.76. The van der Waals surface area contributed by atoms with Crippen LogP contribution in [0.5, 0.6) is 0 Å². The Labute approximate surface area is 129 Å². The van der Waals surface area contributed by atoms with Gasteiger partial charge in [0.2, 0.25) is 15.0 Å². The fourth-order valence-corrected chi connectivity index (χ4v) is 4.94. The minimum Gasteiger partial charge on any atom is -0.210 e. The lowest BCUT2D eigenvalue weighted by Gasteiger charge is -2.02. The van der Waals surface area contributed by atoms with Crippen LogP contribution in [0.1, 0.15) is 16.8 Å². The Hall–Kier alpha value is -1.36. The number of hydrogen-bond acceptors (Lipinski definition) is 7. The second-order valence-corrected chi connectivity index (χ2v) is 8.48. The van der Waals surface area contributed by atoms with Crippen LogP contribution in [0.25, 0.3) is 4.96 Å². The number of thiophene rings is 1. The first kappa shape index (κ1) is 14.6. The van der Waals surface area contributed by atoms with Crippen molar-refractivity contribution in [2.45, 2.75) is 24.0 Å². The van der Waals surface area contributed by atoms with E-state index in [4.69, 9.17) is 0 Å². The van der Waals surface area contributed by atoms with E-state index in [1.807, 2.05) is 13.0 Å². The van der Waals surface area contributed by atoms with Gasteiger partial charge in [-0.25, -0.2) is 13.1 Å². The molecule has 3 aromatic heterocycles. The second kappa shape index (κ2) is 5.79. The van der Waals surface area contributed by atoms with Crippen LogP contribution in [0.3, 0.4) is 0 Å². The molecule has 3 rings (SSSR count). The van der Waals surface area contributed by atoms with Gasteiger partial charge in [-0.2, -0.15) is 9.61 Å². The molecular formula is C11H13N5O2S3. The van der Waals surface area contributed by atoms with Crippen molar-refractivity contribution in [2.75, 3.05) is 6.54 Å². The lowest BCUT2D eigenvalue weighted by molar-refractivity contribution is 0.583. The molecule has 3 aromatic rings. The number of hydrogen-bond donors (Lipinski definition) is 1. The van der Waals surface area contributed by atoms with E-state index >= 15 is 0 Å². The molecular weight excluding hydrogens is 330 g/mol. The van der Waals surface area contributed by atoms with E-state index in [2.05, 4.69) is 20.0 Å². The molecule has 0 fully saturated rings. The summed E-state index contributed by atoms with van der Waals surface area (Å²) < 4.78 is 28.8. The smallest absolute Gasteiger partial charge is 0.210 e. The summed E-state index contributed by atoms with van der Waals surface area (Å²) in [4.78, 5) is 1.77. The van der Waals surface area contributed by atoms with Crippen molar-refractivity contribution in [1.82, 2.24) is 24.5 Å². The Morgan fingerprint density at radius 2 is 2.19 bits per heavy atom. The summed E-state index contributed by atoms with van der Waals surface area (Å²) in [6.45, 7) is 2.31. The summed E-state index contributed by atoms with van der Waals surface area (Å²) in [5, 5.41) is 12.7. The standard InChI is InChI=1S/C11H13N5O2S3/c1-2-8-3-4-10(19-8)21(17,18)13-6-5-9-15-16-7-12-14-11(16)20-9/h3-4,7,13H,2,5-6H2,1H3. The highest BCUT2D eigenvalue weighted by atomic mass is 32.2. The van der Waals surface area contributed by atoms with Gasteiger partial charge in [0.05, 0.1) is 0 Å². The number of nitrogens with zero attached hydrogens (tertiary/aromatic N) is 4. The molecule has 0 amide bonds. The van der Waals surface area contributed by atoms with Crippen molar-refractivity contribution < 1.29 is 8.42 Å². The predicted molar refractivity (Wildman–Crippen MR) is 81.2 cm³/mol. The summed E-state index contributed by atoms with van der Waals surface area (Å²) in [6.07, 6.45) is 2.89. The molecule has 3 heterocycles. The normalized spacial score (nSPS) is 12.2. The highest BCUT2D eigenvalue weighted by molar-refractivity contribution is 7.91. The summed E-state index contributed by atoms with van der Waals surface area (Å²) in [6, 6.07) is 3.50. The zero-order valence-electron chi connectivity index (χ0n) is 11.2. The topological polar surface area (TPSA) is 89.2 Å². The molecule has 0 aliphatic rings. The SMILES string of the molecule is CCc1ccc(S(=O)(=O)NCCc2nn3cnnc3s2)s1. The molecule has 7 nitrogen and oxygen atoms in total. The quantitative estimate of drug-likeness (QED) is 0.729. The van der Waals surface area contributed by atoms with Crippen molar-refractivity contribution in [2.24, 2.45) is 0 Å². The molecule has 1 N–H and O–H groups in total. The second-order valence-electron chi connectivity index (χ2n) is 4.28. The molecule has 0 aromatic carbocycles. The number of nitrogens with one attached hydrogen (secondary N) is 1. The molecule has 112 valence electrons. The van der Waals surface area contributed by atoms with Crippen LogP contribution in [0.2, 0.25) is 0 Å². The van der Waals surface area contributed by atoms with E-state index in [0.29, 0.717) is 22.1 Å². The van der Waals surface area contributed by atoms with Crippen molar-refractivity contribution in [3.8, 4) is 0 Å². The van der Waals surface area contributed by atoms with Gasteiger partial charge in [-0.3, -0.25) is 0 Å². The van der Waals surface area contributed by atoms with E-state index in [1.54, 1.807) is 10.6 Å². The largest absolute Gasteiger partial charge is 0.250 e. The van der Waals surface area contributed by atoms with Crippen LogP contribution in [0.4, 0.5) is 0 Å². The van der Waals surface area contributed by atoms with Crippen LogP contribution < -0.4 is 4.72 Å². The van der Waals surface area contributed by atoms with E-state index in [1.165, 1.54) is 29.0 Å². The minimum absolute atomic E-state index is 0.311. The summed E-state index contributed by atoms with van der Waals surface area (Å²) in [5.41, 5.74) is 0.